The van der Waals surface area contributed by atoms with E-state index in [4.69, 9.17) is 9.47 Å². The third kappa shape index (κ3) is 4.69. The Morgan fingerprint density at radius 1 is 1.20 bits per heavy atom. The van der Waals surface area contributed by atoms with Crippen molar-refractivity contribution in [1.82, 2.24) is 0 Å². The monoisotopic (exact) mass is 280 g/mol. The Balaban J connectivity index is 1.70. The number of aliphatic hydroxyl groups is 1. The predicted molar refractivity (Wildman–Crippen MR) is 78.5 cm³/mol. The molecule has 4 nitrogen and oxygen atoms in total. The lowest BCUT2D eigenvalue weighted by Gasteiger charge is -2.28. The Bertz CT molecular complexity index is 385. The van der Waals surface area contributed by atoms with Crippen molar-refractivity contribution in [2.45, 2.75) is 25.9 Å². The maximum Gasteiger partial charge on any atom is 0.137 e. The minimum absolute atomic E-state index is 0.353. The molecule has 0 aliphatic carbocycles. The highest BCUT2D eigenvalue weighted by Gasteiger charge is 2.21. The normalized spacial score (nSPS) is 24.1. The van der Waals surface area contributed by atoms with Gasteiger partial charge < -0.3 is 19.5 Å². The molecule has 1 aromatic rings. The van der Waals surface area contributed by atoms with Crippen molar-refractivity contribution in [2.75, 3.05) is 33.4 Å². The molecule has 2 N–H and O–H groups in total. The van der Waals surface area contributed by atoms with Crippen LogP contribution in [0.4, 0.5) is 0 Å². The fourth-order valence-corrected chi connectivity index (χ4v) is 2.63. The zero-order valence-electron chi connectivity index (χ0n) is 12.5. The summed E-state index contributed by atoms with van der Waals surface area (Å²) < 4.78 is 10.7. The summed E-state index contributed by atoms with van der Waals surface area (Å²) in [6.45, 7) is 5.77. The van der Waals surface area contributed by atoms with Gasteiger partial charge in [0.15, 0.2) is 0 Å². The molecule has 0 aromatic heterocycles. The Kier molecular flexibility index (Phi) is 5.68. The second kappa shape index (κ2) is 7.50. The highest BCUT2D eigenvalue weighted by molar-refractivity contribution is 5.31. The van der Waals surface area contributed by atoms with Crippen molar-refractivity contribution in [3.05, 3.63) is 24.3 Å². The highest BCUT2D eigenvalue weighted by atomic mass is 16.5. The molecule has 1 heterocycles. The topological polar surface area (TPSA) is 43.1 Å². The molecule has 112 valence electrons. The molecule has 1 aliphatic heterocycles. The Morgan fingerprint density at radius 3 is 2.40 bits per heavy atom. The van der Waals surface area contributed by atoms with E-state index in [0.29, 0.717) is 6.61 Å². The number of rotatable bonds is 6. The van der Waals surface area contributed by atoms with Crippen molar-refractivity contribution in [2.24, 2.45) is 5.92 Å². The second-order valence-corrected chi connectivity index (χ2v) is 5.78. The fourth-order valence-electron chi connectivity index (χ4n) is 2.63. The van der Waals surface area contributed by atoms with Crippen LogP contribution in [0.25, 0.3) is 0 Å². The van der Waals surface area contributed by atoms with Gasteiger partial charge in [0.25, 0.3) is 0 Å². The van der Waals surface area contributed by atoms with Crippen molar-refractivity contribution < 1.29 is 19.5 Å². The van der Waals surface area contributed by atoms with Gasteiger partial charge in [0, 0.05) is 0 Å². The van der Waals surface area contributed by atoms with Crippen LogP contribution in [0, 0.1) is 5.92 Å². The number of hydrogen-bond acceptors (Lipinski definition) is 3. The molecule has 0 spiro atoms. The van der Waals surface area contributed by atoms with E-state index in [1.54, 1.807) is 7.11 Å². The molecular weight excluding hydrogens is 254 g/mol. The number of hydrogen-bond donors (Lipinski definition) is 2. The van der Waals surface area contributed by atoms with Crippen molar-refractivity contribution in [3.8, 4) is 11.5 Å². The van der Waals surface area contributed by atoms with Gasteiger partial charge >= 0.3 is 0 Å². The van der Waals surface area contributed by atoms with E-state index in [-0.39, 0.29) is 0 Å². The van der Waals surface area contributed by atoms with Gasteiger partial charge in [-0.3, -0.25) is 0 Å². The first-order chi connectivity index (χ1) is 9.67. The Labute approximate surface area is 121 Å². The molecule has 1 atom stereocenters. The van der Waals surface area contributed by atoms with E-state index in [0.717, 1.165) is 24.0 Å². The quantitative estimate of drug-likeness (QED) is 0.808. The Hall–Kier alpha value is -1.26. The van der Waals surface area contributed by atoms with Crippen LogP contribution >= 0.6 is 0 Å². The van der Waals surface area contributed by atoms with E-state index < -0.39 is 6.10 Å². The number of quaternary nitrogens is 1. The Morgan fingerprint density at radius 2 is 1.80 bits per heavy atom. The fraction of sp³-hybridized carbons (Fsp3) is 0.625. The molecule has 20 heavy (non-hydrogen) atoms. The summed E-state index contributed by atoms with van der Waals surface area (Å²) in [5.74, 6) is 2.42. The molecule has 0 amide bonds. The van der Waals surface area contributed by atoms with Gasteiger partial charge in [-0.25, -0.2) is 0 Å². The first-order valence-corrected chi connectivity index (χ1v) is 7.46. The van der Waals surface area contributed by atoms with E-state index >= 15 is 0 Å². The van der Waals surface area contributed by atoms with Crippen LogP contribution in [-0.4, -0.2) is 44.6 Å². The second-order valence-electron chi connectivity index (χ2n) is 5.78. The van der Waals surface area contributed by atoms with Crippen LogP contribution in [0.5, 0.6) is 11.5 Å². The van der Waals surface area contributed by atoms with E-state index in [9.17, 15) is 5.11 Å². The summed E-state index contributed by atoms with van der Waals surface area (Å²) in [7, 11) is 1.64. The van der Waals surface area contributed by atoms with Crippen molar-refractivity contribution in [3.63, 3.8) is 0 Å². The minimum Gasteiger partial charge on any atom is -0.497 e. The summed E-state index contributed by atoms with van der Waals surface area (Å²) in [6, 6.07) is 7.44. The molecule has 0 unspecified atom stereocenters. The summed E-state index contributed by atoms with van der Waals surface area (Å²) in [5.41, 5.74) is 0. The highest BCUT2D eigenvalue weighted by Crippen LogP contribution is 2.17. The smallest absolute Gasteiger partial charge is 0.137 e. The van der Waals surface area contributed by atoms with Gasteiger partial charge in [-0.1, -0.05) is 6.92 Å². The molecule has 0 radical (unpaired) electrons. The molecule has 1 saturated heterocycles. The number of aliphatic hydroxyl groups excluding tert-OH is 1. The number of likely N-dealkylation sites (tertiary alicyclic amines) is 1. The lowest BCUT2D eigenvalue weighted by molar-refractivity contribution is -0.909. The average molecular weight is 280 g/mol. The summed E-state index contributed by atoms with van der Waals surface area (Å²) in [4.78, 5) is 1.49. The van der Waals surface area contributed by atoms with Crippen molar-refractivity contribution >= 4 is 0 Å². The van der Waals surface area contributed by atoms with Gasteiger partial charge in [-0.2, -0.15) is 0 Å². The predicted octanol–water partition coefficient (Wildman–Crippen LogP) is 0.750. The first-order valence-electron chi connectivity index (χ1n) is 7.46. The number of methoxy groups -OCH3 is 1. The maximum atomic E-state index is 10.1. The molecule has 1 aliphatic rings. The molecule has 0 saturated carbocycles. The minimum atomic E-state index is -0.402. The average Bonchev–Trinajstić information content (AvgIpc) is 2.48. The molecule has 2 rings (SSSR count). The molecule has 4 heteroatoms. The third-order valence-electron chi connectivity index (χ3n) is 4.01. The largest absolute Gasteiger partial charge is 0.497 e. The van der Waals surface area contributed by atoms with Gasteiger partial charge in [0.1, 0.15) is 30.8 Å². The zero-order valence-corrected chi connectivity index (χ0v) is 12.5. The van der Waals surface area contributed by atoms with Crippen LogP contribution in [0.1, 0.15) is 19.8 Å². The summed E-state index contributed by atoms with van der Waals surface area (Å²) in [6.07, 6.45) is 2.13. The van der Waals surface area contributed by atoms with Crippen LogP contribution in [0.3, 0.4) is 0 Å². The van der Waals surface area contributed by atoms with Crippen molar-refractivity contribution in [1.29, 1.82) is 0 Å². The van der Waals surface area contributed by atoms with Gasteiger partial charge in [0.05, 0.1) is 20.2 Å². The first kappa shape index (κ1) is 15.1. The standard InChI is InChI=1S/C16H25NO3/c1-13-7-9-17(10-8-13)11-14(18)12-20-16-5-3-15(19-2)4-6-16/h3-6,13-14,18H,7-12H2,1-2H3/p+1/t14-/m0/s1. The lowest BCUT2D eigenvalue weighted by Crippen LogP contribution is -3.14. The third-order valence-corrected chi connectivity index (χ3v) is 4.01. The molecule has 1 aromatic carbocycles. The van der Waals surface area contributed by atoms with Gasteiger partial charge in [-0.05, 0) is 43.0 Å². The summed E-state index contributed by atoms with van der Waals surface area (Å²) >= 11 is 0. The van der Waals surface area contributed by atoms with Crippen LogP contribution in [-0.2, 0) is 0 Å². The number of piperidine rings is 1. The molecule has 0 bridgehead atoms. The van der Waals surface area contributed by atoms with Gasteiger partial charge in [-0.15, -0.1) is 0 Å². The number of benzene rings is 1. The van der Waals surface area contributed by atoms with E-state index in [2.05, 4.69) is 6.92 Å². The SMILES string of the molecule is COc1ccc(OC[C@@H](O)C[NH+]2CCC(C)CC2)cc1. The number of ether oxygens (including phenoxy) is 2. The lowest BCUT2D eigenvalue weighted by atomic mass is 9.99. The summed E-state index contributed by atoms with van der Waals surface area (Å²) in [5, 5.41) is 10.1. The molecule has 1 fully saturated rings. The van der Waals surface area contributed by atoms with E-state index in [1.807, 2.05) is 24.3 Å². The number of nitrogens with one attached hydrogen (secondary N) is 1. The van der Waals surface area contributed by atoms with E-state index in [1.165, 1.54) is 30.8 Å². The maximum absolute atomic E-state index is 10.1. The van der Waals surface area contributed by atoms with Crippen LogP contribution < -0.4 is 14.4 Å². The van der Waals surface area contributed by atoms with Crippen LogP contribution in [0.2, 0.25) is 0 Å². The molecular formula is C16H26NO3+. The zero-order chi connectivity index (χ0) is 14.4. The van der Waals surface area contributed by atoms with Crippen LogP contribution in [0.15, 0.2) is 24.3 Å². The van der Waals surface area contributed by atoms with Gasteiger partial charge in [0.2, 0.25) is 0 Å².